The van der Waals surface area contributed by atoms with Crippen molar-refractivity contribution in [2.45, 2.75) is 44.6 Å². The molecule has 2 heterocycles. The third-order valence-corrected chi connectivity index (χ3v) is 4.94. The van der Waals surface area contributed by atoms with Crippen LogP contribution in [-0.4, -0.2) is 30.8 Å². The second kappa shape index (κ2) is 5.45. The Morgan fingerprint density at radius 1 is 1.25 bits per heavy atom. The lowest BCUT2D eigenvalue weighted by molar-refractivity contribution is 0.172. The van der Waals surface area contributed by atoms with Gasteiger partial charge in [-0.15, -0.1) is 12.4 Å². The van der Waals surface area contributed by atoms with Gasteiger partial charge in [-0.3, -0.25) is 4.90 Å². The molecule has 0 spiro atoms. The van der Waals surface area contributed by atoms with E-state index in [-0.39, 0.29) is 12.4 Å². The highest BCUT2D eigenvalue weighted by atomic mass is 35.5. The summed E-state index contributed by atoms with van der Waals surface area (Å²) in [7, 11) is 0. The van der Waals surface area contributed by atoms with Gasteiger partial charge in [-0.25, -0.2) is 0 Å². The number of likely N-dealkylation sites (tertiary alicyclic amines) is 1. The highest BCUT2D eigenvalue weighted by Gasteiger charge is 2.40. The first kappa shape index (κ1) is 14.0. The predicted molar refractivity (Wildman–Crippen MR) is 81.1 cm³/mol. The maximum Gasteiger partial charge on any atom is 0.231 e. The summed E-state index contributed by atoms with van der Waals surface area (Å²) in [6.07, 6.45) is 4.98. The molecule has 1 fully saturated rings. The Morgan fingerprint density at radius 2 is 2.15 bits per heavy atom. The quantitative estimate of drug-likeness (QED) is 0.835. The highest BCUT2D eigenvalue weighted by Crippen LogP contribution is 2.48. The molecule has 110 valence electrons. The summed E-state index contributed by atoms with van der Waals surface area (Å²) in [6, 6.07) is 5.15. The number of hydrogen-bond acceptors (Lipinski definition) is 3. The highest BCUT2D eigenvalue weighted by molar-refractivity contribution is 5.85. The maximum atomic E-state index is 5.68. The van der Waals surface area contributed by atoms with Gasteiger partial charge in [-0.1, -0.05) is 13.0 Å². The van der Waals surface area contributed by atoms with Crippen LogP contribution in [0.3, 0.4) is 0 Å². The number of benzene rings is 1. The molecule has 2 atom stereocenters. The van der Waals surface area contributed by atoms with Crippen LogP contribution in [0.2, 0.25) is 0 Å². The Morgan fingerprint density at radius 3 is 3.00 bits per heavy atom. The molecule has 0 amide bonds. The molecule has 0 N–H and O–H groups in total. The molecular weight excluding hydrogens is 274 g/mol. The summed E-state index contributed by atoms with van der Waals surface area (Å²) in [5, 5.41) is 0. The van der Waals surface area contributed by atoms with Crippen LogP contribution in [0.5, 0.6) is 11.5 Å². The zero-order valence-corrected chi connectivity index (χ0v) is 12.7. The standard InChI is InChI=1S/C16H21NO2.ClH/c1-2-8-17-9-7-12-11-4-6-15-16(19-10-18-15)13(11)3-5-14(12)17;/h4,6,12,14H,2-3,5,7-10H2,1H3;1H/t12-,14+;/m1./s1. The SMILES string of the molecule is CCCN1CC[C@@H]2c3ccc4c(c3CC[C@@H]21)OCO4.Cl. The molecule has 1 aromatic rings. The van der Waals surface area contributed by atoms with E-state index < -0.39 is 0 Å². The molecule has 3 aliphatic rings. The molecule has 1 saturated heterocycles. The summed E-state index contributed by atoms with van der Waals surface area (Å²) < 4.78 is 11.2. The second-order valence-electron chi connectivity index (χ2n) is 5.90. The van der Waals surface area contributed by atoms with Gasteiger partial charge in [0.05, 0.1) is 0 Å². The van der Waals surface area contributed by atoms with Crippen LogP contribution in [0.15, 0.2) is 12.1 Å². The third kappa shape index (κ3) is 1.99. The molecule has 1 aliphatic carbocycles. The molecule has 0 unspecified atom stereocenters. The number of rotatable bonds is 2. The van der Waals surface area contributed by atoms with Crippen LogP contribution >= 0.6 is 12.4 Å². The smallest absolute Gasteiger partial charge is 0.231 e. The molecule has 0 radical (unpaired) electrons. The number of hydrogen-bond donors (Lipinski definition) is 0. The van der Waals surface area contributed by atoms with Crippen molar-refractivity contribution < 1.29 is 9.47 Å². The van der Waals surface area contributed by atoms with E-state index in [2.05, 4.69) is 24.0 Å². The summed E-state index contributed by atoms with van der Waals surface area (Å²) in [5.41, 5.74) is 2.95. The Kier molecular flexibility index (Phi) is 3.83. The van der Waals surface area contributed by atoms with Crippen molar-refractivity contribution in [2.75, 3.05) is 19.9 Å². The van der Waals surface area contributed by atoms with E-state index in [1.54, 1.807) is 0 Å². The minimum absolute atomic E-state index is 0. The number of halogens is 1. The minimum Gasteiger partial charge on any atom is -0.454 e. The van der Waals surface area contributed by atoms with Gasteiger partial charge in [-0.2, -0.15) is 0 Å². The maximum absolute atomic E-state index is 5.68. The van der Waals surface area contributed by atoms with Crippen molar-refractivity contribution in [1.29, 1.82) is 0 Å². The van der Waals surface area contributed by atoms with Crippen LogP contribution in [0, 0.1) is 0 Å². The summed E-state index contributed by atoms with van der Waals surface area (Å²) >= 11 is 0. The van der Waals surface area contributed by atoms with Gasteiger partial charge >= 0.3 is 0 Å². The van der Waals surface area contributed by atoms with Gasteiger partial charge in [-0.05, 0) is 50.4 Å². The van der Waals surface area contributed by atoms with Crippen molar-refractivity contribution in [1.82, 2.24) is 4.90 Å². The summed E-state index contributed by atoms with van der Waals surface area (Å²) in [4.78, 5) is 2.69. The third-order valence-electron chi connectivity index (χ3n) is 4.94. The van der Waals surface area contributed by atoms with E-state index in [0.717, 1.165) is 24.0 Å². The van der Waals surface area contributed by atoms with E-state index in [1.807, 2.05) is 0 Å². The monoisotopic (exact) mass is 295 g/mol. The molecule has 20 heavy (non-hydrogen) atoms. The van der Waals surface area contributed by atoms with Crippen molar-refractivity contribution >= 4 is 12.4 Å². The number of nitrogens with zero attached hydrogens (tertiary/aromatic N) is 1. The topological polar surface area (TPSA) is 21.7 Å². The largest absolute Gasteiger partial charge is 0.454 e. The van der Waals surface area contributed by atoms with Gasteiger partial charge in [0, 0.05) is 17.5 Å². The molecular formula is C16H22ClNO2. The lowest BCUT2D eigenvalue weighted by Crippen LogP contribution is -2.35. The number of fused-ring (bicyclic) bond motifs is 5. The van der Waals surface area contributed by atoms with Gasteiger partial charge in [0.15, 0.2) is 11.5 Å². The zero-order chi connectivity index (χ0) is 12.8. The van der Waals surface area contributed by atoms with E-state index in [9.17, 15) is 0 Å². The second-order valence-corrected chi connectivity index (χ2v) is 5.90. The van der Waals surface area contributed by atoms with Crippen LogP contribution < -0.4 is 9.47 Å². The van der Waals surface area contributed by atoms with Gasteiger partial charge in [0.25, 0.3) is 0 Å². The van der Waals surface area contributed by atoms with Crippen molar-refractivity contribution in [3.8, 4) is 11.5 Å². The number of ether oxygens (including phenoxy) is 2. The van der Waals surface area contributed by atoms with E-state index in [0.29, 0.717) is 12.7 Å². The van der Waals surface area contributed by atoms with Crippen molar-refractivity contribution in [2.24, 2.45) is 0 Å². The first-order valence-electron chi connectivity index (χ1n) is 7.54. The predicted octanol–water partition coefficient (Wildman–Crippen LogP) is 3.35. The van der Waals surface area contributed by atoms with Crippen LogP contribution in [0.4, 0.5) is 0 Å². The van der Waals surface area contributed by atoms with Gasteiger partial charge in [0.2, 0.25) is 6.79 Å². The summed E-state index contributed by atoms with van der Waals surface area (Å²) in [5.74, 6) is 2.69. The van der Waals surface area contributed by atoms with Crippen LogP contribution in [0.25, 0.3) is 0 Å². The fraction of sp³-hybridized carbons (Fsp3) is 0.625. The fourth-order valence-electron chi connectivity index (χ4n) is 4.17. The molecule has 0 saturated carbocycles. The Balaban J connectivity index is 0.00000121. The molecule has 0 bridgehead atoms. The first-order chi connectivity index (χ1) is 9.38. The van der Waals surface area contributed by atoms with E-state index >= 15 is 0 Å². The molecule has 0 aromatic heterocycles. The normalized spacial score (nSPS) is 26.9. The first-order valence-corrected chi connectivity index (χ1v) is 7.54. The van der Waals surface area contributed by atoms with Crippen molar-refractivity contribution in [3.63, 3.8) is 0 Å². The molecule has 3 nitrogen and oxygen atoms in total. The van der Waals surface area contributed by atoms with Crippen molar-refractivity contribution in [3.05, 3.63) is 23.3 Å². The summed E-state index contributed by atoms with van der Waals surface area (Å²) in [6.45, 7) is 5.18. The Labute approximate surface area is 126 Å². The molecule has 2 aliphatic heterocycles. The average molecular weight is 296 g/mol. The fourth-order valence-corrected chi connectivity index (χ4v) is 4.17. The Bertz CT molecular complexity index is 505. The molecule has 1 aromatic carbocycles. The minimum atomic E-state index is 0. The average Bonchev–Trinajstić information content (AvgIpc) is 3.05. The lowest BCUT2D eigenvalue weighted by atomic mass is 9.79. The zero-order valence-electron chi connectivity index (χ0n) is 11.9. The van der Waals surface area contributed by atoms with E-state index in [1.165, 1.54) is 43.5 Å². The van der Waals surface area contributed by atoms with Gasteiger partial charge < -0.3 is 9.47 Å². The lowest BCUT2D eigenvalue weighted by Gasteiger charge is -2.33. The molecule has 4 rings (SSSR count). The van der Waals surface area contributed by atoms with Gasteiger partial charge in [0.1, 0.15) is 0 Å². The van der Waals surface area contributed by atoms with Crippen LogP contribution in [0.1, 0.15) is 43.2 Å². The van der Waals surface area contributed by atoms with E-state index in [4.69, 9.17) is 9.47 Å². The van der Waals surface area contributed by atoms with Crippen LogP contribution in [-0.2, 0) is 6.42 Å². The Hall–Kier alpha value is -0.930. The molecule has 4 heteroatoms.